The molecular formula is C15H26Cl2N2. The zero-order valence-corrected chi connectivity index (χ0v) is 13.1. The normalized spacial score (nSPS) is 17.7. The van der Waals surface area contributed by atoms with Crippen molar-refractivity contribution in [2.45, 2.75) is 38.1 Å². The van der Waals surface area contributed by atoms with Gasteiger partial charge in [0.25, 0.3) is 0 Å². The Labute approximate surface area is 129 Å². The molecule has 1 fully saturated rings. The first-order valence-corrected chi connectivity index (χ1v) is 6.89. The largest absolute Gasteiger partial charge is 0.324 e. The predicted octanol–water partition coefficient (Wildman–Crippen LogP) is 3.80. The van der Waals surface area contributed by atoms with E-state index >= 15 is 0 Å². The highest BCUT2D eigenvalue weighted by molar-refractivity contribution is 5.85. The molecule has 1 aromatic rings. The fourth-order valence-electron chi connectivity index (χ4n) is 2.55. The van der Waals surface area contributed by atoms with Crippen LogP contribution in [0.3, 0.4) is 0 Å². The highest BCUT2D eigenvalue weighted by Gasteiger charge is 2.11. The molecule has 0 aromatic heterocycles. The summed E-state index contributed by atoms with van der Waals surface area (Å²) in [7, 11) is 0. The molecule has 0 aliphatic carbocycles. The summed E-state index contributed by atoms with van der Waals surface area (Å²) in [5.41, 5.74) is 7.49. The molecule has 2 rings (SSSR count). The van der Waals surface area contributed by atoms with Gasteiger partial charge in [0.1, 0.15) is 0 Å². The Bertz CT molecular complexity index is 311. The molecule has 1 atom stereocenters. The Morgan fingerprint density at radius 2 is 1.53 bits per heavy atom. The average molecular weight is 305 g/mol. The zero-order chi connectivity index (χ0) is 11.9. The second kappa shape index (κ2) is 10.5. The Morgan fingerprint density at radius 3 is 2.11 bits per heavy atom. The molecule has 0 saturated carbocycles. The van der Waals surface area contributed by atoms with E-state index in [1.54, 1.807) is 0 Å². The van der Waals surface area contributed by atoms with E-state index in [4.69, 9.17) is 5.73 Å². The first kappa shape index (κ1) is 18.7. The van der Waals surface area contributed by atoms with Gasteiger partial charge in [-0.05, 0) is 44.5 Å². The van der Waals surface area contributed by atoms with Crippen molar-refractivity contribution in [1.82, 2.24) is 4.90 Å². The number of likely N-dealkylation sites (tertiary alicyclic amines) is 1. The van der Waals surface area contributed by atoms with Crippen LogP contribution in [-0.4, -0.2) is 24.5 Å². The zero-order valence-electron chi connectivity index (χ0n) is 11.5. The molecule has 0 spiro atoms. The summed E-state index contributed by atoms with van der Waals surface area (Å²) in [6.45, 7) is 3.68. The second-order valence-corrected chi connectivity index (χ2v) is 5.06. The smallest absolute Gasteiger partial charge is 0.0307 e. The average Bonchev–Trinajstić information content (AvgIpc) is 2.65. The number of hydrogen-bond acceptors (Lipinski definition) is 2. The van der Waals surface area contributed by atoms with Crippen LogP contribution in [0.4, 0.5) is 0 Å². The summed E-state index contributed by atoms with van der Waals surface area (Å²) in [5.74, 6) is 0. The molecule has 2 N–H and O–H groups in total. The van der Waals surface area contributed by atoms with E-state index in [1.807, 2.05) is 6.07 Å². The first-order valence-electron chi connectivity index (χ1n) is 6.89. The van der Waals surface area contributed by atoms with Gasteiger partial charge >= 0.3 is 0 Å². The minimum atomic E-state index is 0. The van der Waals surface area contributed by atoms with E-state index in [1.165, 1.54) is 44.3 Å². The van der Waals surface area contributed by atoms with Crippen molar-refractivity contribution in [1.29, 1.82) is 0 Å². The lowest BCUT2D eigenvalue weighted by Crippen LogP contribution is -2.28. The van der Waals surface area contributed by atoms with Gasteiger partial charge in [0.2, 0.25) is 0 Å². The molecule has 1 aromatic carbocycles. The maximum atomic E-state index is 6.22. The van der Waals surface area contributed by atoms with Gasteiger partial charge in [-0.15, -0.1) is 24.8 Å². The number of halogens is 2. The maximum absolute atomic E-state index is 6.22. The van der Waals surface area contributed by atoms with Crippen LogP contribution in [0.2, 0.25) is 0 Å². The third-order valence-electron chi connectivity index (χ3n) is 3.68. The van der Waals surface area contributed by atoms with E-state index in [9.17, 15) is 0 Å². The fraction of sp³-hybridized carbons (Fsp3) is 0.600. The van der Waals surface area contributed by atoms with Crippen LogP contribution in [-0.2, 0) is 0 Å². The number of nitrogens with two attached hydrogens (primary N) is 1. The van der Waals surface area contributed by atoms with Crippen LogP contribution in [0.15, 0.2) is 30.3 Å². The van der Waals surface area contributed by atoms with Crippen LogP contribution in [0, 0.1) is 0 Å². The van der Waals surface area contributed by atoms with Gasteiger partial charge in [0.05, 0.1) is 0 Å². The first-order chi connectivity index (χ1) is 8.36. The molecule has 1 aliphatic rings. The molecular weight excluding hydrogens is 279 g/mol. The number of rotatable bonds is 4. The van der Waals surface area contributed by atoms with E-state index in [0.717, 1.165) is 13.0 Å². The standard InChI is InChI=1S/C15H24N2.2ClH/c16-15(14-8-4-3-5-9-14)10-13-17-11-6-1-2-7-12-17;;/h3-5,8-9,15H,1-2,6-7,10-13,16H2;2*1H. The molecule has 0 radical (unpaired) electrons. The van der Waals surface area contributed by atoms with Crippen molar-refractivity contribution >= 4 is 24.8 Å². The molecule has 0 amide bonds. The van der Waals surface area contributed by atoms with Crippen molar-refractivity contribution in [3.63, 3.8) is 0 Å². The van der Waals surface area contributed by atoms with Gasteiger partial charge in [0, 0.05) is 6.04 Å². The van der Waals surface area contributed by atoms with Crippen molar-refractivity contribution in [2.75, 3.05) is 19.6 Å². The second-order valence-electron chi connectivity index (χ2n) is 5.06. The van der Waals surface area contributed by atoms with Gasteiger partial charge in [-0.25, -0.2) is 0 Å². The van der Waals surface area contributed by atoms with Crippen LogP contribution < -0.4 is 5.73 Å². The van der Waals surface area contributed by atoms with Crippen LogP contribution in [0.5, 0.6) is 0 Å². The van der Waals surface area contributed by atoms with E-state index in [0.29, 0.717) is 0 Å². The molecule has 2 nitrogen and oxygen atoms in total. The quantitative estimate of drug-likeness (QED) is 0.917. The van der Waals surface area contributed by atoms with Gasteiger partial charge in [-0.3, -0.25) is 0 Å². The molecule has 1 saturated heterocycles. The molecule has 110 valence electrons. The minimum Gasteiger partial charge on any atom is -0.324 e. The minimum absolute atomic E-state index is 0. The molecule has 19 heavy (non-hydrogen) atoms. The summed E-state index contributed by atoms with van der Waals surface area (Å²) in [5, 5.41) is 0. The molecule has 1 heterocycles. The molecule has 4 heteroatoms. The van der Waals surface area contributed by atoms with Crippen LogP contribution in [0.1, 0.15) is 43.7 Å². The van der Waals surface area contributed by atoms with Crippen molar-refractivity contribution < 1.29 is 0 Å². The fourth-order valence-corrected chi connectivity index (χ4v) is 2.55. The van der Waals surface area contributed by atoms with Gasteiger partial charge in [-0.1, -0.05) is 43.2 Å². The lowest BCUT2D eigenvalue weighted by molar-refractivity contribution is 0.273. The Kier molecular flexibility index (Phi) is 10.3. The molecule has 1 aliphatic heterocycles. The lowest BCUT2D eigenvalue weighted by Gasteiger charge is -2.22. The van der Waals surface area contributed by atoms with E-state index in [-0.39, 0.29) is 30.9 Å². The van der Waals surface area contributed by atoms with Crippen molar-refractivity contribution in [2.24, 2.45) is 5.73 Å². The maximum Gasteiger partial charge on any atom is 0.0307 e. The highest BCUT2D eigenvalue weighted by Crippen LogP contribution is 2.16. The summed E-state index contributed by atoms with van der Waals surface area (Å²) >= 11 is 0. The summed E-state index contributed by atoms with van der Waals surface area (Å²) in [6, 6.07) is 10.6. The number of benzene rings is 1. The topological polar surface area (TPSA) is 29.3 Å². The highest BCUT2D eigenvalue weighted by atomic mass is 35.5. The Morgan fingerprint density at radius 1 is 0.947 bits per heavy atom. The lowest BCUT2D eigenvalue weighted by atomic mass is 10.0. The monoisotopic (exact) mass is 304 g/mol. The summed E-state index contributed by atoms with van der Waals surface area (Å²) in [4.78, 5) is 2.58. The Hall–Kier alpha value is -0.280. The summed E-state index contributed by atoms with van der Waals surface area (Å²) < 4.78 is 0. The third-order valence-corrected chi connectivity index (χ3v) is 3.68. The number of hydrogen-bond donors (Lipinski definition) is 1. The van der Waals surface area contributed by atoms with Gasteiger partial charge < -0.3 is 10.6 Å². The molecule has 0 bridgehead atoms. The SMILES string of the molecule is Cl.Cl.NC(CCN1CCCCCC1)c1ccccc1. The van der Waals surface area contributed by atoms with Crippen LogP contribution >= 0.6 is 24.8 Å². The van der Waals surface area contributed by atoms with Gasteiger partial charge in [-0.2, -0.15) is 0 Å². The van der Waals surface area contributed by atoms with Crippen LogP contribution in [0.25, 0.3) is 0 Å². The summed E-state index contributed by atoms with van der Waals surface area (Å²) in [6.07, 6.45) is 6.60. The van der Waals surface area contributed by atoms with Crippen molar-refractivity contribution in [3.05, 3.63) is 35.9 Å². The van der Waals surface area contributed by atoms with E-state index in [2.05, 4.69) is 29.2 Å². The predicted molar refractivity (Wildman–Crippen MR) is 87.4 cm³/mol. The molecule has 1 unspecified atom stereocenters. The van der Waals surface area contributed by atoms with E-state index < -0.39 is 0 Å². The van der Waals surface area contributed by atoms with Gasteiger partial charge in [0.15, 0.2) is 0 Å². The Balaban J connectivity index is 0.00000162. The number of nitrogens with zero attached hydrogens (tertiary/aromatic N) is 1. The third kappa shape index (κ3) is 6.62. The van der Waals surface area contributed by atoms with Crippen molar-refractivity contribution in [3.8, 4) is 0 Å².